The van der Waals surface area contributed by atoms with Crippen LogP contribution < -0.4 is 10.4 Å². The summed E-state index contributed by atoms with van der Waals surface area (Å²) in [5.74, 6) is -0.892. The fourth-order valence-corrected chi connectivity index (χ4v) is 11.0. The minimum Gasteiger partial charge on any atom is -0.478 e. The molecule has 1 aromatic carbocycles. The van der Waals surface area contributed by atoms with E-state index in [0.717, 1.165) is 10.4 Å². The van der Waals surface area contributed by atoms with Gasteiger partial charge in [-0.15, -0.1) is 34.0 Å². The molecule has 4 aliphatic carbocycles. The van der Waals surface area contributed by atoms with Gasteiger partial charge in [0, 0.05) is 35.2 Å². The van der Waals surface area contributed by atoms with E-state index in [1.165, 1.54) is 63.4 Å². The lowest BCUT2D eigenvalue weighted by Crippen LogP contribution is -2.55. The number of aromatic carboxylic acids is 1. The van der Waals surface area contributed by atoms with Crippen LogP contribution in [0.1, 0.15) is 70.6 Å². The SMILES string of the molecule is CC(C)(C)C1=CC2=c3cc(C(=O)O)ccc3=C3C=C(C(C)(C)C)C=C4C(c5ccc(-c6ccc(-c7cccs7)s6)s5)=CC(=C1)[C@]2(C)[C@@]43C. The number of allylic oxidation sites excluding steroid dienone is 10. The summed E-state index contributed by atoms with van der Waals surface area (Å²) >= 11 is 5.54. The van der Waals surface area contributed by atoms with Gasteiger partial charge in [-0.05, 0) is 114 Å². The standard InChI is InChI=1S/C43H40O2S3/c1-40(2,3)25-19-27-20-30(34-13-14-37(47-34)38-16-15-36(48-38)35-10-9-17-46-35)33-23-26(41(4,5)6)22-31-28-12-11-24(39(44)45)18-29(28)32(21-25)42(27,7)43(31,33)8/h9-23H,1-8H3,(H,44,45)/t42-,43+/m0/s1. The molecule has 0 radical (unpaired) electrons. The van der Waals surface area contributed by atoms with E-state index >= 15 is 0 Å². The molecule has 0 unspecified atom stereocenters. The average Bonchev–Trinajstić information content (AvgIpc) is 3.81. The van der Waals surface area contributed by atoms with Crippen molar-refractivity contribution >= 4 is 56.7 Å². The van der Waals surface area contributed by atoms with Gasteiger partial charge in [0.15, 0.2) is 0 Å². The van der Waals surface area contributed by atoms with Crippen molar-refractivity contribution in [1.82, 2.24) is 0 Å². The number of benzene rings is 1. The Labute approximate surface area is 295 Å². The van der Waals surface area contributed by atoms with Gasteiger partial charge in [0.25, 0.3) is 0 Å². The zero-order valence-electron chi connectivity index (χ0n) is 28.7. The summed E-state index contributed by atoms with van der Waals surface area (Å²) in [6.07, 6.45) is 12.2. The first-order valence-electron chi connectivity index (χ1n) is 16.6. The lowest BCUT2D eigenvalue weighted by molar-refractivity contribution is 0.0696. The Bertz CT molecular complexity index is 2350. The van der Waals surface area contributed by atoms with Crippen molar-refractivity contribution in [3.8, 4) is 19.5 Å². The van der Waals surface area contributed by atoms with E-state index in [4.69, 9.17) is 0 Å². The van der Waals surface area contributed by atoms with Crippen molar-refractivity contribution in [2.45, 2.75) is 55.4 Å². The maximum atomic E-state index is 12.3. The number of rotatable bonds is 4. The van der Waals surface area contributed by atoms with E-state index in [1.807, 2.05) is 28.7 Å². The van der Waals surface area contributed by atoms with Crippen molar-refractivity contribution in [1.29, 1.82) is 0 Å². The lowest BCUT2D eigenvalue weighted by Gasteiger charge is -2.58. The third-order valence-electron chi connectivity index (χ3n) is 11.1. The Kier molecular flexibility index (Phi) is 6.80. The zero-order valence-corrected chi connectivity index (χ0v) is 31.2. The monoisotopic (exact) mass is 684 g/mol. The molecule has 0 fully saturated rings. The fourth-order valence-electron chi connectivity index (χ4n) is 7.99. The first kappa shape index (κ1) is 31.5. The predicted molar refractivity (Wildman–Crippen MR) is 206 cm³/mol. The Balaban J connectivity index is 1.42. The minimum absolute atomic E-state index is 0.0731. The van der Waals surface area contributed by atoms with Gasteiger partial charge in [-0.2, -0.15) is 0 Å². The molecular weight excluding hydrogens is 645 g/mol. The second kappa shape index (κ2) is 10.4. The minimum atomic E-state index is -0.892. The molecule has 0 bridgehead atoms. The van der Waals surface area contributed by atoms with Crippen LogP contribution in [0.25, 0.3) is 36.2 Å². The highest BCUT2D eigenvalue weighted by atomic mass is 32.1. The number of fused-ring (bicyclic) bond motifs is 1. The van der Waals surface area contributed by atoms with Crippen LogP contribution in [0.4, 0.5) is 0 Å². The normalized spacial score (nSPS) is 23.0. The third kappa shape index (κ3) is 4.43. The number of carboxylic acid groups (broad SMARTS) is 1. The van der Waals surface area contributed by atoms with Crippen molar-refractivity contribution in [3.63, 3.8) is 0 Å². The van der Waals surface area contributed by atoms with Crippen LogP contribution in [-0.4, -0.2) is 11.1 Å². The molecule has 5 heteroatoms. The molecule has 4 aliphatic rings. The van der Waals surface area contributed by atoms with Crippen LogP contribution >= 0.6 is 34.0 Å². The summed E-state index contributed by atoms with van der Waals surface area (Å²) in [6, 6.07) is 19.2. The Hall–Kier alpha value is -3.77. The van der Waals surface area contributed by atoms with Crippen molar-refractivity contribution in [2.24, 2.45) is 21.7 Å². The van der Waals surface area contributed by atoms with E-state index in [1.54, 1.807) is 17.4 Å². The van der Waals surface area contributed by atoms with Gasteiger partial charge in [-0.25, -0.2) is 4.79 Å². The second-order valence-electron chi connectivity index (χ2n) is 15.9. The molecule has 48 heavy (non-hydrogen) atoms. The quantitative estimate of drug-likeness (QED) is 0.232. The Morgan fingerprint density at radius 1 is 0.646 bits per heavy atom. The van der Waals surface area contributed by atoms with Gasteiger partial charge >= 0.3 is 5.97 Å². The van der Waals surface area contributed by atoms with Crippen LogP contribution in [0.5, 0.6) is 0 Å². The van der Waals surface area contributed by atoms with Gasteiger partial charge < -0.3 is 5.11 Å². The van der Waals surface area contributed by atoms with Gasteiger partial charge in [0.1, 0.15) is 0 Å². The summed E-state index contributed by atoms with van der Waals surface area (Å²) in [5.41, 5.74) is 8.40. The summed E-state index contributed by atoms with van der Waals surface area (Å²) in [7, 11) is 0. The second-order valence-corrected chi connectivity index (χ2v) is 19.0. The number of hydrogen-bond acceptors (Lipinski definition) is 4. The third-order valence-corrected chi connectivity index (χ3v) is 14.5. The Morgan fingerprint density at radius 2 is 1.23 bits per heavy atom. The summed E-state index contributed by atoms with van der Waals surface area (Å²) in [5, 5.41) is 14.4. The molecule has 4 aromatic rings. The number of hydrogen-bond donors (Lipinski definition) is 1. The molecule has 0 saturated carbocycles. The number of thiophene rings is 3. The predicted octanol–water partition coefficient (Wildman–Crippen LogP) is 11.2. The summed E-state index contributed by atoms with van der Waals surface area (Å²) < 4.78 is 0. The molecule has 2 nitrogen and oxygen atoms in total. The van der Waals surface area contributed by atoms with Crippen LogP contribution in [-0.2, 0) is 0 Å². The molecule has 0 saturated heterocycles. The zero-order chi connectivity index (χ0) is 34.0. The maximum absolute atomic E-state index is 12.3. The van der Waals surface area contributed by atoms with Gasteiger partial charge in [0.05, 0.1) is 5.56 Å². The van der Waals surface area contributed by atoms with Crippen molar-refractivity contribution in [3.05, 3.63) is 134 Å². The number of carboxylic acids is 1. The van der Waals surface area contributed by atoms with Gasteiger partial charge in [-0.3, -0.25) is 0 Å². The molecule has 0 amide bonds. The van der Waals surface area contributed by atoms with Crippen LogP contribution in [0, 0.1) is 21.7 Å². The lowest BCUT2D eigenvalue weighted by atomic mass is 9.44. The molecule has 8 rings (SSSR count). The van der Waals surface area contributed by atoms with E-state index in [9.17, 15) is 9.90 Å². The summed E-state index contributed by atoms with van der Waals surface area (Å²) in [6.45, 7) is 18.5. The van der Waals surface area contributed by atoms with Crippen LogP contribution in [0.15, 0.2) is 113 Å². The molecule has 3 aromatic heterocycles. The van der Waals surface area contributed by atoms with E-state index in [-0.39, 0.29) is 21.7 Å². The molecule has 0 spiro atoms. The largest absolute Gasteiger partial charge is 0.478 e. The topological polar surface area (TPSA) is 37.3 Å². The van der Waals surface area contributed by atoms with Gasteiger partial charge in [-0.1, -0.05) is 91.8 Å². The molecular formula is C43H40O2S3. The van der Waals surface area contributed by atoms with E-state index in [2.05, 4.69) is 134 Å². The van der Waals surface area contributed by atoms with Crippen LogP contribution in [0.3, 0.4) is 0 Å². The molecule has 0 aliphatic heterocycles. The van der Waals surface area contributed by atoms with Crippen LogP contribution in [0.2, 0.25) is 0 Å². The van der Waals surface area contributed by atoms with E-state index in [0.29, 0.717) is 5.56 Å². The highest BCUT2D eigenvalue weighted by Gasteiger charge is 2.59. The first-order chi connectivity index (χ1) is 22.6. The summed E-state index contributed by atoms with van der Waals surface area (Å²) in [4.78, 5) is 18.8. The molecule has 242 valence electrons. The maximum Gasteiger partial charge on any atom is 0.335 e. The average molecular weight is 685 g/mol. The fraction of sp³-hybridized carbons (Fsp3) is 0.279. The van der Waals surface area contributed by atoms with Gasteiger partial charge in [0.2, 0.25) is 0 Å². The first-order valence-corrected chi connectivity index (χ1v) is 19.1. The highest BCUT2D eigenvalue weighted by Crippen LogP contribution is 2.69. The Morgan fingerprint density at radius 3 is 1.83 bits per heavy atom. The van der Waals surface area contributed by atoms with Crippen molar-refractivity contribution in [2.75, 3.05) is 0 Å². The molecule has 1 N–H and O–H groups in total. The molecule has 2 atom stereocenters. The molecule has 3 heterocycles. The van der Waals surface area contributed by atoms with E-state index < -0.39 is 5.97 Å². The highest BCUT2D eigenvalue weighted by molar-refractivity contribution is 7.26. The number of carbonyl (C=O) groups is 1. The van der Waals surface area contributed by atoms with Crippen molar-refractivity contribution < 1.29 is 9.90 Å². The smallest absolute Gasteiger partial charge is 0.335 e.